The summed E-state index contributed by atoms with van der Waals surface area (Å²) in [6.07, 6.45) is 2.91. The highest BCUT2D eigenvalue weighted by Gasteiger charge is 2.30. The van der Waals surface area contributed by atoms with Gasteiger partial charge < -0.3 is 24.8 Å². The predicted octanol–water partition coefficient (Wildman–Crippen LogP) is 5.43. The van der Waals surface area contributed by atoms with E-state index in [1.165, 1.54) is 5.56 Å². The summed E-state index contributed by atoms with van der Waals surface area (Å²) in [6, 6.07) is 16.3. The van der Waals surface area contributed by atoms with Crippen molar-refractivity contribution in [1.29, 1.82) is 0 Å². The third-order valence-corrected chi connectivity index (χ3v) is 6.37. The van der Waals surface area contributed by atoms with Crippen molar-refractivity contribution >= 4 is 23.2 Å². The monoisotopic (exact) mass is 459 g/mol. The Morgan fingerprint density at radius 2 is 2.03 bits per heavy atom. The van der Waals surface area contributed by atoms with Crippen LogP contribution in [-0.4, -0.2) is 35.8 Å². The van der Waals surface area contributed by atoms with Crippen LogP contribution in [0, 0.1) is 6.92 Å². The van der Waals surface area contributed by atoms with Gasteiger partial charge in [-0.25, -0.2) is 4.98 Å². The number of aryl methyl sites for hydroxylation is 1. The Kier molecular flexibility index (Phi) is 6.01. The van der Waals surface area contributed by atoms with Gasteiger partial charge in [-0.15, -0.1) is 0 Å². The van der Waals surface area contributed by atoms with E-state index in [4.69, 9.17) is 14.6 Å². The number of nitrogens with zero attached hydrogens (tertiary/aromatic N) is 2. The third-order valence-electron chi connectivity index (χ3n) is 6.37. The van der Waals surface area contributed by atoms with Crippen LogP contribution in [0.3, 0.4) is 0 Å². The molecule has 2 unspecified atom stereocenters. The lowest BCUT2D eigenvalue weighted by Crippen LogP contribution is -2.19. The molecule has 0 fully saturated rings. The fourth-order valence-corrected chi connectivity index (χ4v) is 4.76. The first-order valence-electron chi connectivity index (χ1n) is 11.7. The molecule has 0 saturated heterocycles. The Morgan fingerprint density at radius 3 is 2.82 bits per heavy atom. The third kappa shape index (κ3) is 4.25. The molecule has 34 heavy (non-hydrogen) atoms. The van der Waals surface area contributed by atoms with Crippen molar-refractivity contribution < 1.29 is 19.4 Å². The maximum atomic E-state index is 11.1. The summed E-state index contributed by atoms with van der Waals surface area (Å²) in [4.78, 5) is 17.9. The van der Waals surface area contributed by atoms with Crippen molar-refractivity contribution in [1.82, 2.24) is 4.98 Å². The van der Waals surface area contributed by atoms with Crippen LogP contribution in [0.1, 0.15) is 48.4 Å². The minimum atomic E-state index is -0.808. The minimum Gasteiger partial charge on any atom is -0.493 e. The van der Waals surface area contributed by atoms with Crippen molar-refractivity contribution in [2.45, 2.75) is 38.6 Å². The van der Waals surface area contributed by atoms with Gasteiger partial charge in [-0.05, 0) is 43.2 Å². The Morgan fingerprint density at radius 1 is 1.15 bits per heavy atom. The average molecular weight is 460 g/mol. The van der Waals surface area contributed by atoms with Crippen molar-refractivity contribution in [2.75, 3.05) is 30.0 Å². The number of hydrogen-bond donors (Lipinski definition) is 2. The Labute approximate surface area is 199 Å². The number of fused-ring (bicyclic) bond motifs is 2. The number of para-hydroxylation sites is 1. The molecule has 0 spiro atoms. The van der Waals surface area contributed by atoms with E-state index >= 15 is 0 Å². The largest absolute Gasteiger partial charge is 0.493 e. The highest BCUT2D eigenvalue weighted by molar-refractivity contribution is 5.72. The van der Waals surface area contributed by atoms with Crippen molar-refractivity contribution in [3.8, 4) is 11.5 Å². The SMILES string of the molecule is CCCN(c1cc(C)ccn1)c1cccc2c1OCC2Nc1ccc2c(c1)OCC2CC(=O)O. The summed E-state index contributed by atoms with van der Waals surface area (Å²) in [6.45, 7) is 6.00. The van der Waals surface area contributed by atoms with E-state index in [1.54, 1.807) is 0 Å². The molecule has 0 radical (unpaired) electrons. The molecule has 2 atom stereocenters. The van der Waals surface area contributed by atoms with E-state index in [0.29, 0.717) is 13.2 Å². The molecule has 1 aromatic heterocycles. The van der Waals surface area contributed by atoms with Crippen LogP contribution in [0.15, 0.2) is 54.7 Å². The molecule has 3 aromatic rings. The summed E-state index contributed by atoms with van der Waals surface area (Å²) >= 11 is 0. The number of pyridine rings is 1. The first-order valence-corrected chi connectivity index (χ1v) is 11.7. The molecule has 0 amide bonds. The van der Waals surface area contributed by atoms with Crippen molar-refractivity contribution in [2.24, 2.45) is 0 Å². The number of rotatable bonds is 8. The minimum absolute atomic E-state index is 0.00170. The van der Waals surface area contributed by atoms with Gasteiger partial charge in [0.15, 0.2) is 0 Å². The molecule has 2 aliphatic rings. The van der Waals surface area contributed by atoms with E-state index < -0.39 is 5.97 Å². The Bertz CT molecular complexity index is 1210. The summed E-state index contributed by atoms with van der Waals surface area (Å²) in [5.41, 5.74) is 5.18. The number of anilines is 3. The highest BCUT2D eigenvalue weighted by Crippen LogP contribution is 2.44. The number of aromatic nitrogens is 1. The van der Waals surface area contributed by atoms with Gasteiger partial charge in [0, 0.05) is 41.5 Å². The lowest BCUT2D eigenvalue weighted by molar-refractivity contribution is -0.137. The number of nitrogens with one attached hydrogen (secondary N) is 1. The topological polar surface area (TPSA) is 83.9 Å². The lowest BCUT2D eigenvalue weighted by atomic mass is 9.97. The molecule has 3 heterocycles. The molecule has 2 aliphatic heterocycles. The number of carbonyl (C=O) groups is 1. The molecule has 2 aromatic carbocycles. The fraction of sp³-hybridized carbons (Fsp3) is 0.333. The van der Waals surface area contributed by atoms with Crippen LogP contribution in [0.2, 0.25) is 0 Å². The normalized spacial score (nSPS) is 17.9. The van der Waals surface area contributed by atoms with E-state index in [2.05, 4.69) is 53.3 Å². The van der Waals surface area contributed by atoms with Crippen LogP contribution in [0.5, 0.6) is 11.5 Å². The lowest BCUT2D eigenvalue weighted by Gasteiger charge is -2.25. The molecule has 7 nitrogen and oxygen atoms in total. The average Bonchev–Trinajstić information content (AvgIpc) is 3.41. The number of carboxylic acids is 1. The maximum absolute atomic E-state index is 11.1. The molecule has 5 rings (SSSR count). The molecule has 0 bridgehead atoms. The quantitative estimate of drug-likeness (QED) is 0.464. The Balaban J connectivity index is 1.39. The van der Waals surface area contributed by atoms with Crippen LogP contribution < -0.4 is 19.7 Å². The molecular weight excluding hydrogens is 430 g/mol. The zero-order valence-corrected chi connectivity index (χ0v) is 19.5. The van der Waals surface area contributed by atoms with Crippen molar-refractivity contribution in [3.63, 3.8) is 0 Å². The van der Waals surface area contributed by atoms with Crippen molar-refractivity contribution in [3.05, 3.63) is 71.4 Å². The summed E-state index contributed by atoms with van der Waals surface area (Å²) in [5.74, 6) is 1.65. The van der Waals surface area contributed by atoms with Crippen LogP contribution in [-0.2, 0) is 4.79 Å². The second-order valence-electron chi connectivity index (χ2n) is 8.90. The zero-order valence-electron chi connectivity index (χ0n) is 19.5. The maximum Gasteiger partial charge on any atom is 0.304 e. The van der Waals surface area contributed by atoms with Gasteiger partial charge in [0.2, 0.25) is 0 Å². The molecule has 7 heteroatoms. The van der Waals surface area contributed by atoms with Gasteiger partial charge in [0.25, 0.3) is 0 Å². The molecule has 2 N–H and O–H groups in total. The van der Waals surface area contributed by atoms with Gasteiger partial charge >= 0.3 is 5.97 Å². The van der Waals surface area contributed by atoms with Crippen LogP contribution >= 0.6 is 0 Å². The number of carboxylic acid groups (broad SMARTS) is 1. The second-order valence-corrected chi connectivity index (χ2v) is 8.90. The molecule has 0 saturated carbocycles. The number of aliphatic carboxylic acids is 1. The number of ether oxygens (including phenoxy) is 2. The van der Waals surface area contributed by atoms with Crippen LogP contribution in [0.25, 0.3) is 0 Å². The standard InChI is InChI=1S/C27H29N3O4/c1-3-11-30(25-12-17(2)9-10-28-25)23-6-4-5-21-22(16-34-27(21)23)29-19-7-8-20-18(13-26(31)32)15-33-24(20)14-19/h4-10,12,14,18,22,29H,3,11,13,15-16H2,1-2H3,(H,31,32). The van der Waals surface area contributed by atoms with Gasteiger partial charge in [-0.2, -0.15) is 0 Å². The molecule has 0 aliphatic carbocycles. The van der Waals surface area contributed by atoms with E-state index in [9.17, 15) is 4.79 Å². The summed E-state index contributed by atoms with van der Waals surface area (Å²) in [7, 11) is 0. The summed E-state index contributed by atoms with van der Waals surface area (Å²) < 4.78 is 12.0. The van der Waals surface area contributed by atoms with Gasteiger partial charge in [-0.1, -0.05) is 25.1 Å². The Hall–Kier alpha value is -3.74. The van der Waals surface area contributed by atoms with E-state index in [0.717, 1.165) is 52.8 Å². The number of benzene rings is 2. The van der Waals surface area contributed by atoms with Gasteiger partial charge in [-0.3, -0.25) is 4.79 Å². The first kappa shape index (κ1) is 22.1. The van der Waals surface area contributed by atoms with Gasteiger partial charge in [0.1, 0.15) is 23.9 Å². The number of hydrogen-bond acceptors (Lipinski definition) is 6. The first-order chi connectivity index (χ1) is 16.5. The van der Waals surface area contributed by atoms with E-state index in [-0.39, 0.29) is 18.4 Å². The van der Waals surface area contributed by atoms with Crippen LogP contribution in [0.4, 0.5) is 17.2 Å². The van der Waals surface area contributed by atoms with E-state index in [1.807, 2.05) is 30.5 Å². The predicted molar refractivity (Wildman–Crippen MR) is 132 cm³/mol. The summed E-state index contributed by atoms with van der Waals surface area (Å²) in [5, 5.41) is 12.7. The second kappa shape index (κ2) is 9.25. The van der Waals surface area contributed by atoms with Gasteiger partial charge in [0.05, 0.1) is 24.8 Å². The smallest absolute Gasteiger partial charge is 0.304 e. The molecule has 176 valence electrons. The highest BCUT2D eigenvalue weighted by atomic mass is 16.5. The molecular formula is C27H29N3O4. The fourth-order valence-electron chi connectivity index (χ4n) is 4.76. The zero-order chi connectivity index (χ0) is 23.7.